The van der Waals surface area contributed by atoms with Crippen LogP contribution in [0.4, 0.5) is 5.82 Å². The van der Waals surface area contributed by atoms with Crippen molar-refractivity contribution < 1.29 is 9.90 Å². The standard InChI is InChI=1S/C11H14ClN3O2/c12-9-3-2-8(11(16)17)10(14-9)15-6-1-4-13-5-7-15/h2-3,13H,1,4-7H2,(H,16,17). The van der Waals surface area contributed by atoms with Crippen molar-refractivity contribution in [3.8, 4) is 0 Å². The van der Waals surface area contributed by atoms with Gasteiger partial charge in [0.2, 0.25) is 0 Å². The zero-order chi connectivity index (χ0) is 12.3. The molecule has 6 heteroatoms. The summed E-state index contributed by atoms with van der Waals surface area (Å²) in [6.07, 6.45) is 0.966. The number of nitrogens with zero attached hydrogens (tertiary/aromatic N) is 2. The van der Waals surface area contributed by atoms with Gasteiger partial charge in [-0.15, -0.1) is 0 Å². The van der Waals surface area contributed by atoms with Crippen molar-refractivity contribution >= 4 is 23.4 Å². The highest BCUT2D eigenvalue weighted by Gasteiger charge is 2.19. The fourth-order valence-electron chi connectivity index (χ4n) is 1.89. The van der Waals surface area contributed by atoms with E-state index in [0.717, 1.165) is 32.6 Å². The van der Waals surface area contributed by atoms with Crippen LogP contribution in [0.2, 0.25) is 5.15 Å². The fourth-order valence-corrected chi connectivity index (χ4v) is 2.03. The third-order valence-electron chi connectivity index (χ3n) is 2.71. The Morgan fingerprint density at radius 1 is 1.41 bits per heavy atom. The van der Waals surface area contributed by atoms with Crippen LogP contribution in [0, 0.1) is 0 Å². The first-order chi connectivity index (χ1) is 8.18. The van der Waals surface area contributed by atoms with Crippen molar-refractivity contribution in [2.75, 3.05) is 31.1 Å². The number of anilines is 1. The predicted octanol–water partition coefficient (Wildman–Crippen LogP) is 1.23. The Morgan fingerprint density at radius 2 is 2.24 bits per heavy atom. The summed E-state index contributed by atoms with van der Waals surface area (Å²) in [4.78, 5) is 17.2. The van der Waals surface area contributed by atoms with Crippen LogP contribution in [0.1, 0.15) is 16.8 Å². The van der Waals surface area contributed by atoms with Crippen molar-refractivity contribution in [3.63, 3.8) is 0 Å². The van der Waals surface area contributed by atoms with E-state index in [2.05, 4.69) is 10.3 Å². The third kappa shape index (κ3) is 2.87. The Hall–Kier alpha value is -1.33. The molecule has 0 radical (unpaired) electrons. The molecular weight excluding hydrogens is 242 g/mol. The van der Waals surface area contributed by atoms with Crippen LogP contribution in [-0.2, 0) is 0 Å². The lowest BCUT2D eigenvalue weighted by Gasteiger charge is -2.22. The fraction of sp³-hybridized carbons (Fsp3) is 0.455. The van der Waals surface area contributed by atoms with E-state index < -0.39 is 5.97 Å². The molecule has 5 nitrogen and oxygen atoms in total. The topological polar surface area (TPSA) is 65.5 Å². The summed E-state index contributed by atoms with van der Waals surface area (Å²) in [5.74, 6) is -0.505. The molecule has 2 rings (SSSR count). The predicted molar refractivity (Wildman–Crippen MR) is 65.9 cm³/mol. The lowest BCUT2D eigenvalue weighted by atomic mass is 10.2. The van der Waals surface area contributed by atoms with Gasteiger partial charge in [-0.25, -0.2) is 9.78 Å². The monoisotopic (exact) mass is 255 g/mol. The van der Waals surface area contributed by atoms with Crippen LogP contribution in [0.3, 0.4) is 0 Å². The molecule has 92 valence electrons. The van der Waals surface area contributed by atoms with Gasteiger partial charge in [0.05, 0.1) is 0 Å². The lowest BCUT2D eigenvalue weighted by Crippen LogP contribution is -2.30. The molecule has 1 aliphatic heterocycles. The van der Waals surface area contributed by atoms with Crippen molar-refractivity contribution in [1.82, 2.24) is 10.3 Å². The van der Waals surface area contributed by atoms with E-state index >= 15 is 0 Å². The number of carboxylic acids is 1. The molecule has 0 saturated carbocycles. The highest BCUT2D eigenvalue weighted by molar-refractivity contribution is 6.29. The average molecular weight is 256 g/mol. The molecule has 0 aromatic carbocycles. The van der Waals surface area contributed by atoms with Gasteiger partial charge in [-0.3, -0.25) is 0 Å². The van der Waals surface area contributed by atoms with Gasteiger partial charge >= 0.3 is 5.97 Å². The minimum Gasteiger partial charge on any atom is -0.478 e. The van der Waals surface area contributed by atoms with E-state index in [1.54, 1.807) is 0 Å². The third-order valence-corrected chi connectivity index (χ3v) is 2.92. The molecule has 1 saturated heterocycles. The first kappa shape index (κ1) is 12.1. The smallest absolute Gasteiger partial charge is 0.339 e. The van der Waals surface area contributed by atoms with Crippen LogP contribution >= 0.6 is 11.6 Å². The number of carboxylic acid groups (broad SMARTS) is 1. The SMILES string of the molecule is O=C(O)c1ccc(Cl)nc1N1CCCNCC1. The molecular formula is C11H14ClN3O2. The maximum absolute atomic E-state index is 11.1. The van der Waals surface area contributed by atoms with Gasteiger partial charge in [-0.2, -0.15) is 0 Å². The maximum atomic E-state index is 11.1. The first-order valence-electron chi connectivity index (χ1n) is 5.54. The highest BCUT2D eigenvalue weighted by atomic mass is 35.5. The Morgan fingerprint density at radius 3 is 3.00 bits per heavy atom. The van der Waals surface area contributed by atoms with Crippen LogP contribution in [0.15, 0.2) is 12.1 Å². The minimum absolute atomic E-state index is 0.205. The second-order valence-electron chi connectivity index (χ2n) is 3.90. The maximum Gasteiger partial charge on any atom is 0.339 e. The molecule has 0 spiro atoms. The second-order valence-corrected chi connectivity index (χ2v) is 4.29. The van der Waals surface area contributed by atoms with E-state index in [1.165, 1.54) is 12.1 Å². The summed E-state index contributed by atoms with van der Waals surface area (Å²) in [5.41, 5.74) is 0.205. The van der Waals surface area contributed by atoms with Crippen LogP contribution in [0.5, 0.6) is 0 Å². The minimum atomic E-state index is -0.971. The number of hydrogen-bond acceptors (Lipinski definition) is 4. The van der Waals surface area contributed by atoms with Crippen LogP contribution < -0.4 is 10.2 Å². The van der Waals surface area contributed by atoms with E-state index in [4.69, 9.17) is 16.7 Å². The van der Waals surface area contributed by atoms with Gasteiger partial charge < -0.3 is 15.3 Å². The number of pyridine rings is 1. The lowest BCUT2D eigenvalue weighted by molar-refractivity contribution is 0.0697. The van der Waals surface area contributed by atoms with Crippen LogP contribution in [0.25, 0.3) is 0 Å². The highest BCUT2D eigenvalue weighted by Crippen LogP contribution is 2.21. The van der Waals surface area contributed by atoms with Gasteiger partial charge in [-0.05, 0) is 25.1 Å². The van der Waals surface area contributed by atoms with Gasteiger partial charge in [0.25, 0.3) is 0 Å². The summed E-state index contributed by atoms with van der Waals surface area (Å²) in [6.45, 7) is 3.31. The molecule has 1 fully saturated rings. The Bertz CT molecular complexity index is 417. The molecule has 17 heavy (non-hydrogen) atoms. The van der Waals surface area contributed by atoms with E-state index in [0.29, 0.717) is 11.0 Å². The van der Waals surface area contributed by atoms with E-state index in [9.17, 15) is 4.79 Å². The molecule has 1 aromatic heterocycles. The van der Waals surface area contributed by atoms with Crippen molar-refractivity contribution in [1.29, 1.82) is 0 Å². The van der Waals surface area contributed by atoms with Crippen molar-refractivity contribution in [2.24, 2.45) is 0 Å². The number of halogens is 1. The summed E-state index contributed by atoms with van der Waals surface area (Å²) >= 11 is 5.84. The number of aromatic carboxylic acids is 1. The van der Waals surface area contributed by atoms with E-state index in [1.807, 2.05) is 4.90 Å². The number of carbonyl (C=O) groups is 1. The average Bonchev–Trinajstić information content (AvgIpc) is 2.56. The largest absolute Gasteiger partial charge is 0.478 e. The number of aromatic nitrogens is 1. The number of rotatable bonds is 2. The van der Waals surface area contributed by atoms with Gasteiger partial charge in [0.1, 0.15) is 16.5 Å². The normalized spacial score (nSPS) is 16.6. The second kappa shape index (κ2) is 5.33. The summed E-state index contributed by atoms with van der Waals surface area (Å²) in [6, 6.07) is 3.01. The molecule has 0 aliphatic carbocycles. The van der Waals surface area contributed by atoms with Gasteiger partial charge in [0.15, 0.2) is 0 Å². The Labute approximate surface area is 104 Å². The molecule has 0 bridgehead atoms. The summed E-state index contributed by atoms with van der Waals surface area (Å²) < 4.78 is 0. The molecule has 0 atom stereocenters. The summed E-state index contributed by atoms with van der Waals surface area (Å²) in [5, 5.41) is 12.7. The van der Waals surface area contributed by atoms with E-state index in [-0.39, 0.29) is 5.56 Å². The Balaban J connectivity index is 2.34. The zero-order valence-corrected chi connectivity index (χ0v) is 10.1. The number of hydrogen-bond donors (Lipinski definition) is 2. The molecule has 1 aliphatic rings. The van der Waals surface area contributed by atoms with Gasteiger partial charge in [0, 0.05) is 19.6 Å². The summed E-state index contributed by atoms with van der Waals surface area (Å²) in [7, 11) is 0. The molecule has 0 amide bonds. The molecule has 1 aromatic rings. The first-order valence-corrected chi connectivity index (χ1v) is 5.92. The van der Waals surface area contributed by atoms with Crippen LogP contribution in [-0.4, -0.2) is 42.2 Å². The van der Waals surface area contributed by atoms with Gasteiger partial charge in [-0.1, -0.05) is 11.6 Å². The zero-order valence-electron chi connectivity index (χ0n) is 9.32. The molecule has 2 heterocycles. The molecule has 2 N–H and O–H groups in total. The molecule has 0 unspecified atom stereocenters. The quantitative estimate of drug-likeness (QED) is 0.779. The Kier molecular flexibility index (Phi) is 3.81. The number of nitrogens with one attached hydrogen (secondary N) is 1. The van der Waals surface area contributed by atoms with Crippen molar-refractivity contribution in [3.05, 3.63) is 22.8 Å². The van der Waals surface area contributed by atoms with Crippen molar-refractivity contribution in [2.45, 2.75) is 6.42 Å².